The molecule has 0 saturated heterocycles. The Morgan fingerprint density at radius 2 is 1.96 bits per heavy atom. The van der Waals surface area contributed by atoms with Gasteiger partial charge in [0.1, 0.15) is 5.75 Å². The van der Waals surface area contributed by atoms with Crippen LogP contribution in [0.2, 0.25) is 10.0 Å². The number of carbonyl (C=O) groups excluding carboxylic acids is 1. The number of hydrogen-bond acceptors (Lipinski definition) is 4. The van der Waals surface area contributed by atoms with E-state index in [4.69, 9.17) is 27.9 Å². The van der Waals surface area contributed by atoms with E-state index in [1.165, 1.54) is 0 Å². The van der Waals surface area contributed by atoms with Gasteiger partial charge in [0.15, 0.2) is 0 Å². The number of nitrogens with zero attached hydrogens (tertiary/aromatic N) is 1. The molecule has 0 atom stereocenters. The van der Waals surface area contributed by atoms with Gasteiger partial charge in [0.25, 0.3) is 5.91 Å². The number of halogens is 2. The van der Waals surface area contributed by atoms with Crippen molar-refractivity contribution in [3.63, 3.8) is 0 Å². The Morgan fingerprint density at radius 3 is 2.67 bits per heavy atom. The van der Waals surface area contributed by atoms with Crippen LogP contribution in [-0.2, 0) is 6.54 Å². The third-order valence-corrected chi connectivity index (χ3v) is 4.58. The molecule has 0 spiro atoms. The number of benzene rings is 2. The molecule has 3 rings (SSSR count). The molecular formula is C20H17Cl2N3O2. The highest BCUT2D eigenvalue weighted by Crippen LogP contribution is 2.28. The summed E-state index contributed by atoms with van der Waals surface area (Å²) in [4.78, 5) is 16.7. The monoisotopic (exact) mass is 401 g/mol. The second-order valence-corrected chi connectivity index (χ2v) is 6.53. The van der Waals surface area contributed by atoms with Crippen molar-refractivity contribution in [2.75, 3.05) is 17.7 Å². The van der Waals surface area contributed by atoms with Crippen molar-refractivity contribution in [2.45, 2.75) is 6.54 Å². The highest BCUT2D eigenvalue weighted by molar-refractivity contribution is 6.42. The number of aromatic nitrogens is 1. The number of anilines is 2. The largest absolute Gasteiger partial charge is 0.495 e. The number of carbonyl (C=O) groups is 1. The van der Waals surface area contributed by atoms with Crippen molar-refractivity contribution in [3.8, 4) is 5.75 Å². The minimum absolute atomic E-state index is 0.263. The van der Waals surface area contributed by atoms with Crippen molar-refractivity contribution in [1.29, 1.82) is 0 Å². The minimum Gasteiger partial charge on any atom is -0.495 e. The van der Waals surface area contributed by atoms with Crippen molar-refractivity contribution in [2.24, 2.45) is 0 Å². The summed E-state index contributed by atoms with van der Waals surface area (Å²) in [7, 11) is 1.58. The predicted molar refractivity (Wildman–Crippen MR) is 109 cm³/mol. The molecular weight excluding hydrogens is 385 g/mol. The van der Waals surface area contributed by atoms with E-state index in [0.29, 0.717) is 39.3 Å². The van der Waals surface area contributed by atoms with Gasteiger partial charge in [-0.15, -0.1) is 0 Å². The van der Waals surface area contributed by atoms with Crippen LogP contribution >= 0.6 is 23.2 Å². The summed E-state index contributed by atoms with van der Waals surface area (Å²) in [6.07, 6.45) is 3.50. The molecule has 1 heterocycles. The van der Waals surface area contributed by atoms with Crippen LogP contribution in [0.3, 0.4) is 0 Å². The zero-order valence-electron chi connectivity index (χ0n) is 14.5. The molecule has 1 aromatic heterocycles. The summed E-state index contributed by atoms with van der Waals surface area (Å²) in [5.41, 5.74) is 2.78. The highest BCUT2D eigenvalue weighted by Gasteiger charge is 2.11. The van der Waals surface area contributed by atoms with E-state index < -0.39 is 0 Å². The first-order valence-corrected chi connectivity index (χ1v) is 8.89. The zero-order valence-corrected chi connectivity index (χ0v) is 16.0. The number of amides is 1. The van der Waals surface area contributed by atoms with Gasteiger partial charge in [-0.3, -0.25) is 9.78 Å². The van der Waals surface area contributed by atoms with E-state index in [1.807, 2.05) is 12.1 Å². The van der Waals surface area contributed by atoms with E-state index in [9.17, 15) is 4.79 Å². The maximum absolute atomic E-state index is 12.6. The Kier molecular flexibility index (Phi) is 6.16. The van der Waals surface area contributed by atoms with Gasteiger partial charge in [-0.1, -0.05) is 29.3 Å². The number of rotatable bonds is 6. The third-order valence-electron chi connectivity index (χ3n) is 3.84. The van der Waals surface area contributed by atoms with E-state index in [-0.39, 0.29) is 5.91 Å². The maximum Gasteiger partial charge on any atom is 0.255 e. The van der Waals surface area contributed by atoms with Gasteiger partial charge >= 0.3 is 0 Å². The summed E-state index contributed by atoms with van der Waals surface area (Å²) in [5, 5.41) is 6.89. The van der Waals surface area contributed by atoms with Crippen LogP contribution in [0.15, 0.2) is 60.9 Å². The van der Waals surface area contributed by atoms with E-state index >= 15 is 0 Å². The summed E-state index contributed by atoms with van der Waals surface area (Å²) in [6, 6.07) is 13.9. The number of nitrogens with one attached hydrogen (secondary N) is 2. The molecule has 2 N–H and O–H groups in total. The first-order valence-electron chi connectivity index (χ1n) is 8.14. The molecule has 0 unspecified atom stereocenters. The first kappa shape index (κ1) is 19.0. The fourth-order valence-electron chi connectivity index (χ4n) is 2.46. The molecule has 0 aliphatic rings. The average Bonchev–Trinajstić information content (AvgIpc) is 2.69. The lowest BCUT2D eigenvalue weighted by Gasteiger charge is -2.13. The average molecular weight is 402 g/mol. The molecule has 1 amide bonds. The van der Waals surface area contributed by atoms with Gasteiger partial charge in [0, 0.05) is 30.2 Å². The Balaban J connectivity index is 1.76. The van der Waals surface area contributed by atoms with Gasteiger partial charge < -0.3 is 15.4 Å². The van der Waals surface area contributed by atoms with Crippen LogP contribution in [-0.4, -0.2) is 18.0 Å². The molecule has 0 aliphatic carbocycles. The van der Waals surface area contributed by atoms with Gasteiger partial charge in [0.2, 0.25) is 0 Å². The maximum atomic E-state index is 12.6. The molecule has 0 saturated carbocycles. The van der Waals surface area contributed by atoms with Crippen LogP contribution in [0.5, 0.6) is 5.75 Å². The molecule has 0 aliphatic heterocycles. The minimum atomic E-state index is -0.263. The van der Waals surface area contributed by atoms with Crippen LogP contribution in [0, 0.1) is 0 Å². The molecule has 0 radical (unpaired) electrons. The second-order valence-electron chi connectivity index (χ2n) is 5.71. The molecule has 27 heavy (non-hydrogen) atoms. The van der Waals surface area contributed by atoms with E-state index in [2.05, 4.69) is 15.6 Å². The smallest absolute Gasteiger partial charge is 0.255 e. The quantitative estimate of drug-likeness (QED) is 0.590. The van der Waals surface area contributed by atoms with Gasteiger partial charge in [-0.05, 0) is 48.0 Å². The molecule has 2 aromatic carbocycles. The topological polar surface area (TPSA) is 63.2 Å². The lowest BCUT2D eigenvalue weighted by Crippen LogP contribution is -2.12. The Labute approximate surface area is 167 Å². The first-order chi connectivity index (χ1) is 13.1. The standard InChI is InChI=1S/C20H17Cl2N3O2/c1-27-19-7-4-14(9-18(19)24-12-13-3-2-8-23-11-13)20(26)25-15-5-6-16(21)17(22)10-15/h2-11,24H,12H2,1H3,(H,25,26). The SMILES string of the molecule is COc1ccc(C(=O)Nc2ccc(Cl)c(Cl)c2)cc1NCc1cccnc1. The summed E-state index contributed by atoms with van der Waals surface area (Å²) in [5.74, 6) is 0.380. The summed E-state index contributed by atoms with van der Waals surface area (Å²) >= 11 is 11.9. The van der Waals surface area contributed by atoms with Gasteiger partial charge in [0.05, 0.1) is 22.8 Å². The molecule has 5 nitrogen and oxygen atoms in total. The fraction of sp³-hybridized carbons (Fsp3) is 0.100. The van der Waals surface area contributed by atoms with Crippen LogP contribution in [0.25, 0.3) is 0 Å². The van der Waals surface area contributed by atoms with Crippen molar-refractivity contribution >= 4 is 40.5 Å². The summed E-state index contributed by atoms with van der Waals surface area (Å²) < 4.78 is 5.37. The Hall–Kier alpha value is -2.76. The molecule has 0 bridgehead atoms. The normalized spacial score (nSPS) is 10.3. The van der Waals surface area contributed by atoms with E-state index in [0.717, 1.165) is 5.56 Å². The molecule has 7 heteroatoms. The second kappa shape index (κ2) is 8.75. The number of methoxy groups -OCH3 is 1. The molecule has 3 aromatic rings. The number of hydrogen-bond donors (Lipinski definition) is 2. The van der Waals surface area contributed by atoms with Crippen LogP contribution < -0.4 is 15.4 Å². The zero-order chi connectivity index (χ0) is 19.2. The van der Waals surface area contributed by atoms with Crippen molar-refractivity contribution < 1.29 is 9.53 Å². The third kappa shape index (κ3) is 4.90. The predicted octanol–water partition coefficient (Wildman–Crippen LogP) is 5.26. The lowest BCUT2D eigenvalue weighted by molar-refractivity contribution is 0.102. The van der Waals surface area contributed by atoms with Crippen LogP contribution in [0.4, 0.5) is 11.4 Å². The van der Waals surface area contributed by atoms with E-state index in [1.54, 1.807) is 55.9 Å². The number of pyridine rings is 1. The summed E-state index contributed by atoms with van der Waals surface area (Å²) in [6.45, 7) is 0.558. The number of ether oxygens (including phenoxy) is 1. The molecule has 138 valence electrons. The lowest BCUT2D eigenvalue weighted by atomic mass is 10.1. The fourth-order valence-corrected chi connectivity index (χ4v) is 2.76. The Morgan fingerprint density at radius 1 is 1.11 bits per heavy atom. The molecule has 0 fully saturated rings. The Bertz CT molecular complexity index is 949. The van der Waals surface area contributed by atoms with Gasteiger partial charge in [-0.25, -0.2) is 0 Å². The van der Waals surface area contributed by atoms with Crippen molar-refractivity contribution in [1.82, 2.24) is 4.98 Å². The van der Waals surface area contributed by atoms with Crippen molar-refractivity contribution in [3.05, 3.63) is 82.1 Å². The van der Waals surface area contributed by atoms with Crippen LogP contribution in [0.1, 0.15) is 15.9 Å². The highest BCUT2D eigenvalue weighted by atomic mass is 35.5. The van der Waals surface area contributed by atoms with Gasteiger partial charge in [-0.2, -0.15) is 0 Å².